The minimum atomic E-state index is -0.412. The average molecular weight is 361 g/mol. The second kappa shape index (κ2) is 7.89. The molecule has 1 amide bonds. The standard InChI is InChI=1S/C17H13F2N3O2S/c18-13-7-5-11(6-8-13)16(23)20-9-15-21-22-17(24-15)25-10-12-3-1-2-4-14(12)19/h1-8H,9-10H2,(H,20,23). The molecule has 5 nitrogen and oxygen atoms in total. The lowest BCUT2D eigenvalue weighted by molar-refractivity contribution is 0.0946. The number of aromatic nitrogens is 2. The van der Waals surface area contributed by atoms with E-state index in [1.165, 1.54) is 42.1 Å². The van der Waals surface area contributed by atoms with E-state index >= 15 is 0 Å². The maximum absolute atomic E-state index is 13.5. The van der Waals surface area contributed by atoms with Gasteiger partial charge in [0.05, 0.1) is 6.54 Å². The van der Waals surface area contributed by atoms with Crippen LogP contribution in [0.1, 0.15) is 21.8 Å². The predicted octanol–water partition coefficient (Wildman–Crippen LogP) is 3.57. The van der Waals surface area contributed by atoms with E-state index in [1.807, 2.05) is 0 Å². The first-order valence-electron chi connectivity index (χ1n) is 7.34. The topological polar surface area (TPSA) is 68.0 Å². The van der Waals surface area contributed by atoms with Crippen LogP contribution in [0.25, 0.3) is 0 Å². The van der Waals surface area contributed by atoms with E-state index in [9.17, 15) is 13.6 Å². The maximum atomic E-state index is 13.5. The summed E-state index contributed by atoms with van der Waals surface area (Å²) in [7, 11) is 0. The van der Waals surface area contributed by atoms with Gasteiger partial charge in [-0.15, -0.1) is 10.2 Å². The maximum Gasteiger partial charge on any atom is 0.276 e. The summed E-state index contributed by atoms with van der Waals surface area (Å²) in [6, 6.07) is 11.6. The number of hydrogen-bond donors (Lipinski definition) is 1. The summed E-state index contributed by atoms with van der Waals surface area (Å²) in [6.45, 7) is 0.0451. The zero-order chi connectivity index (χ0) is 17.6. The summed E-state index contributed by atoms with van der Waals surface area (Å²) in [5.74, 6) is -0.493. The minimum Gasteiger partial charge on any atom is -0.414 e. The van der Waals surface area contributed by atoms with E-state index in [2.05, 4.69) is 15.5 Å². The van der Waals surface area contributed by atoms with Crippen LogP contribution >= 0.6 is 11.8 Å². The Labute approximate surface area is 146 Å². The van der Waals surface area contributed by atoms with Gasteiger partial charge in [0.15, 0.2) is 0 Å². The summed E-state index contributed by atoms with van der Waals surface area (Å²) in [5, 5.41) is 10.6. The minimum absolute atomic E-state index is 0.0451. The molecular formula is C17H13F2N3O2S. The van der Waals surface area contributed by atoms with E-state index in [0.717, 1.165) is 0 Å². The van der Waals surface area contributed by atoms with Crippen LogP contribution in [0.4, 0.5) is 8.78 Å². The predicted molar refractivity (Wildman–Crippen MR) is 87.8 cm³/mol. The fourth-order valence-corrected chi connectivity index (χ4v) is 2.75. The first-order chi connectivity index (χ1) is 12.1. The van der Waals surface area contributed by atoms with Gasteiger partial charge in [-0.05, 0) is 35.9 Å². The van der Waals surface area contributed by atoms with Crippen molar-refractivity contribution in [3.63, 3.8) is 0 Å². The van der Waals surface area contributed by atoms with Gasteiger partial charge in [0.1, 0.15) is 11.6 Å². The number of halogens is 2. The van der Waals surface area contributed by atoms with Gasteiger partial charge in [-0.25, -0.2) is 8.78 Å². The molecule has 3 aromatic rings. The highest BCUT2D eigenvalue weighted by Crippen LogP contribution is 2.22. The van der Waals surface area contributed by atoms with Crippen LogP contribution in [0.15, 0.2) is 58.2 Å². The van der Waals surface area contributed by atoms with E-state index in [1.54, 1.807) is 18.2 Å². The molecule has 1 heterocycles. The summed E-state index contributed by atoms with van der Waals surface area (Å²) in [6.07, 6.45) is 0. The molecule has 0 fully saturated rings. The number of nitrogens with one attached hydrogen (secondary N) is 1. The monoisotopic (exact) mass is 361 g/mol. The fourth-order valence-electron chi connectivity index (χ4n) is 1.98. The number of nitrogens with zero attached hydrogens (tertiary/aromatic N) is 2. The SMILES string of the molecule is O=C(NCc1nnc(SCc2ccccc2F)o1)c1ccc(F)cc1. The molecule has 2 aromatic carbocycles. The summed E-state index contributed by atoms with van der Waals surface area (Å²) < 4.78 is 31.8. The highest BCUT2D eigenvalue weighted by Gasteiger charge is 2.11. The number of hydrogen-bond acceptors (Lipinski definition) is 5. The molecule has 3 rings (SSSR count). The van der Waals surface area contributed by atoms with Crippen LogP contribution < -0.4 is 5.32 Å². The smallest absolute Gasteiger partial charge is 0.276 e. The zero-order valence-electron chi connectivity index (χ0n) is 12.9. The third kappa shape index (κ3) is 4.63. The Morgan fingerprint density at radius 1 is 1.08 bits per heavy atom. The molecular weight excluding hydrogens is 348 g/mol. The Hall–Kier alpha value is -2.74. The van der Waals surface area contributed by atoms with Gasteiger partial charge in [-0.2, -0.15) is 0 Å². The molecule has 1 N–H and O–H groups in total. The molecule has 0 aliphatic rings. The van der Waals surface area contributed by atoms with Crippen LogP contribution in [-0.2, 0) is 12.3 Å². The number of amides is 1. The van der Waals surface area contributed by atoms with Gasteiger partial charge < -0.3 is 9.73 Å². The highest BCUT2D eigenvalue weighted by atomic mass is 32.2. The Balaban J connectivity index is 1.52. The Morgan fingerprint density at radius 2 is 1.84 bits per heavy atom. The van der Waals surface area contributed by atoms with Crippen molar-refractivity contribution < 1.29 is 18.0 Å². The Morgan fingerprint density at radius 3 is 2.60 bits per heavy atom. The first kappa shape index (κ1) is 17.1. The molecule has 8 heteroatoms. The second-order valence-electron chi connectivity index (χ2n) is 5.03. The van der Waals surface area contributed by atoms with Gasteiger partial charge in [-0.1, -0.05) is 30.0 Å². The van der Waals surface area contributed by atoms with Crippen LogP contribution in [0.2, 0.25) is 0 Å². The number of benzene rings is 2. The molecule has 0 saturated heterocycles. The first-order valence-corrected chi connectivity index (χ1v) is 8.33. The molecule has 0 atom stereocenters. The summed E-state index contributed by atoms with van der Waals surface area (Å²) >= 11 is 1.21. The lowest BCUT2D eigenvalue weighted by atomic mass is 10.2. The molecule has 0 aliphatic carbocycles. The molecule has 0 radical (unpaired) electrons. The van der Waals surface area contributed by atoms with E-state index in [-0.39, 0.29) is 29.4 Å². The van der Waals surface area contributed by atoms with Crippen molar-refractivity contribution in [2.45, 2.75) is 17.5 Å². The lowest BCUT2D eigenvalue weighted by Gasteiger charge is -2.02. The molecule has 0 aliphatic heterocycles. The third-order valence-electron chi connectivity index (χ3n) is 3.26. The second-order valence-corrected chi connectivity index (χ2v) is 5.96. The van der Waals surface area contributed by atoms with Crippen molar-refractivity contribution in [2.24, 2.45) is 0 Å². The molecule has 0 saturated carbocycles. The zero-order valence-corrected chi connectivity index (χ0v) is 13.7. The fraction of sp³-hybridized carbons (Fsp3) is 0.118. The van der Waals surface area contributed by atoms with Gasteiger partial charge in [0.2, 0.25) is 5.89 Å². The number of rotatable bonds is 6. The van der Waals surface area contributed by atoms with E-state index < -0.39 is 5.82 Å². The Bertz CT molecular complexity index is 868. The van der Waals surface area contributed by atoms with Crippen molar-refractivity contribution in [1.82, 2.24) is 15.5 Å². The molecule has 0 bridgehead atoms. The summed E-state index contributed by atoms with van der Waals surface area (Å²) in [5.41, 5.74) is 0.868. The number of carbonyl (C=O) groups is 1. The lowest BCUT2D eigenvalue weighted by Crippen LogP contribution is -2.22. The van der Waals surface area contributed by atoms with Crippen molar-refractivity contribution in [1.29, 1.82) is 0 Å². The third-order valence-corrected chi connectivity index (χ3v) is 4.13. The molecule has 25 heavy (non-hydrogen) atoms. The van der Waals surface area contributed by atoms with Crippen molar-refractivity contribution in [3.8, 4) is 0 Å². The normalized spacial score (nSPS) is 10.6. The molecule has 128 valence electrons. The van der Waals surface area contributed by atoms with E-state index in [0.29, 0.717) is 16.9 Å². The quantitative estimate of drug-likeness (QED) is 0.680. The van der Waals surface area contributed by atoms with Crippen molar-refractivity contribution in [3.05, 3.63) is 77.2 Å². The largest absolute Gasteiger partial charge is 0.414 e. The molecule has 0 spiro atoms. The van der Waals surface area contributed by atoms with Crippen LogP contribution in [-0.4, -0.2) is 16.1 Å². The van der Waals surface area contributed by atoms with Gasteiger partial charge >= 0.3 is 0 Å². The number of thioether (sulfide) groups is 1. The average Bonchev–Trinajstić information content (AvgIpc) is 3.07. The molecule has 1 aromatic heterocycles. The summed E-state index contributed by atoms with van der Waals surface area (Å²) in [4.78, 5) is 11.9. The van der Waals surface area contributed by atoms with Crippen molar-refractivity contribution in [2.75, 3.05) is 0 Å². The van der Waals surface area contributed by atoms with Crippen LogP contribution in [0.5, 0.6) is 0 Å². The van der Waals surface area contributed by atoms with Gasteiger partial charge in [-0.3, -0.25) is 4.79 Å². The highest BCUT2D eigenvalue weighted by molar-refractivity contribution is 7.98. The number of carbonyl (C=O) groups excluding carboxylic acids is 1. The Kier molecular flexibility index (Phi) is 5.39. The van der Waals surface area contributed by atoms with Crippen LogP contribution in [0, 0.1) is 11.6 Å². The van der Waals surface area contributed by atoms with Crippen molar-refractivity contribution >= 4 is 17.7 Å². The van der Waals surface area contributed by atoms with Gasteiger partial charge in [0, 0.05) is 11.3 Å². The van der Waals surface area contributed by atoms with Crippen LogP contribution in [0.3, 0.4) is 0 Å². The molecule has 0 unspecified atom stereocenters. The van der Waals surface area contributed by atoms with Gasteiger partial charge in [0.25, 0.3) is 11.1 Å². The van der Waals surface area contributed by atoms with E-state index in [4.69, 9.17) is 4.42 Å².